The van der Waals surface area contributed by atoms with E-state index in [1.54, 1.807) is 0 Å². The van der Waals surface area contributed by atoms with Gasteiger partial charge in [0, 0.05) is 5.41 Å². The SMILES string of the molecule is CC12CC3CC4(COC(=O)F)CC(C)(C1)C2(C3)C4. The van der Waals surface area contributed by atoms with Gasteiger partial charge in [-0.2, -0.15) is 0 Å². The second-order valence-corrected chi connectivity index (χ2v) is 8.24. The molecule has 1 spiro atoms. The summed E-state index contributed by atoms with van der Waals surface area (Å²) in [6.07, 6.45) is 5.87. The Kier molecular flexibility index (Phi) is 1.74. The van der Waals surface area contributed by atoms with Gasteiger partial charge >= 0.3 is 6.22 Å². The van der Waals surface area contributed by atoms with Crippen LogP contribution in [0.25, 0.3) is 0 Å². The van der Waals surface area contributed by atoms with Crippen molar-refractivity contribution < 1.29 is 13.9 Å². The fraction of sp³-hybridized carbons (Fsp3) is 0.933. The van der Waals surface area contributed by atoms with Crippen molar-refractivity contribution in [2.45, 2.75) is 52.4 Å². The van der Waals surface area contributed by atoms with Gasteiger partial charge in [0.15, 0.2) is 0 Å². The zero-order chi connectivity index (χ0) is 12.8. The smallest absolute Gasteiger partial charge is 0.440 e. The average Bonchev–Trinajstić information content (AvgIpc) is 2.50. The van der Waals surface area contributed by atoms with E-state index in [2.05, 4.69) is 13.8 Å². The number of ether oxygens (including phenoxy) is 1. The van der Waals surface area contributed by atoms with Crippen LogP contribution in [0, 0.1) is 27.6 Å². The Morgan fingerprint density at radius 3 is 2.67 bits per heavy atom. The Labute approximate surface area is 107 Å². The molecule has 0 N–H and O–H groups in total. The van der Waals surface area contributed by atoms with Crippen LogP contribution in [-0.2, 0) is 4.74 Å². The van der Waals surface area contributed by atoms with Crippen LogP contribution >= 0.6 is 0 Å². The van der Waals surface area contributed by atoms with Crippen molar-refractivity contribution in [3.05, 3.63) is 0 Å². The maximum absolute atomic E-state index is 12.4. The lowest BCUT2D eigenvalue weighted by atomic mass is 9.40. The molecule has 100 valence electrons. The first-order valence-corrected chi connectivity index (χ1v) is 7.15. The van der Waals surface area contributed by atoms with Gasteiger partial charge in [0.1, 0.15) is 0 Å². The molecule has 3 bridgehead atoms. The van der Waals surface area contributed by atoms with Gasteiger partial charge in [-0.1, -0.05) is 13.8 Å². The molecule has 4 saturated carbocycles. The number of carbonyl (C=O) groups is 1. The molecule has 0 aromatic carbocycles. The van der Waals surface area contributed by atoms with Crippen molar-refractivity contribution in [1.82, 2.24) is 0 Å². The van der Waals surface area contributed by atoms with E-state index in [1.165, 1.54) is 19.3 Å². The second-order valence-electron chi connectivity index (χ2n) is 8.24. The van der Waals surface area contributed by atoms with Crippen LogP contribution in [0.3, 0.4) is 0 Å². The zero-order valence-electron chi connectivity index (χ0n) is 11.2. The second kappa shape index (κ2) is 2.78. The molecular weight excluding hydrogens is 231 g/mol. The lowest BCUT2D eigenvalue weighted by Gasteiger charge is -2.64. The molecule has 3 heteroatoms. The van der Waals surface area contributed by atoms with E-state index in [0.29, 0.717) is 22.9 Å². The molecule has 18 heavy (non-hydrogen) atoms. The molecule has 4 aliphatic carbocycles. The van der Waals surface area contributed by atoms with Gasteiger partial charge in [-0.25, -0.2) is 4.79 Å². The number of halogens is 1. The van der Waals surface area contributed by atoms with Gasteiger partial charge in [0.2, 0.25) is 0 Å². The molecule has 2 nitrogen and oxygen atoms in total. The van der Waals surface area contributed by atoms with Crippen LogP contribution in [0.15, 0.2) is 0 Å². The third-order valence-electron chi connectivity index (χ3n) is 7.12. The molecule has 4 rings (SSSR count). The van der Waals surface area contributed by atoms with Gasteiger partial charge in [0.05, 0.1) is 6.61 Å². The van der Waals surface area contributed by atoms with E-state index < -0.39 is 6.22 Å². The van der Waals surface area contributed by atoms with E-state index in [9.17, 15) is 9.18 Å². The lowest BCUT2D eigenvalue weighted by Crippen LogP contribution is -2.57. The maximum Gasteiger partial charge on any atom is 0.495 e. The van der Waals surface area contributed by atoms with Gasteiger partial charge in [-0.05, 0) is 60.7 Å². The third kappa shape index (κ3) is 1.00. The van der Waals surface area contributed by atoms with Crippen LogP contribution in [0.2, 0.25) is 0 Å². The maximum atomic E-state index is 12.4. The first kappa shape index (κ1) is 11.2. The summed E-state index contributed by atoms with van der Waals surface area (Å²) in [5.41, 5.74) is 1.51. The third-order valence-corrected chi connectivity index (χ3v) is 7.12. The Hall–Kier alpha value is -0.600. The van der Waals surface area contributed by atoms with E-state index in [0.717, 1.165) is 25.2 Å². The summed E-state index contributed by atoms with van der Waals surface area (Å²) >= 11 is 0. The molecule has 0 radical (unpaired) electrons. The molecule has 0 aliphatic heterocycles. The first-order valence-electron chi connectivity index (χ1n) is 7.15. The summed E-state index contributed by atoms with van der Waals surface area (Å²) in [5, 5.41) is 0. The topological polar surface area (TPSA) is 26.3 Å². The highest BCUT2D eigenvalue weighted by atomic mass is 19.1. The van der Waals surface area contributed by atoms with Crippen molar-refractivity contribution in [3.8, 4) is 0 Å². The standard InChI is InChI=1S/C15H21FO2/c1-12-3-10-4-14(9-18-11(16)17)7-13(2,6-12)15(12,5-10)8-14/h10H,3-9H2,1-2H3. The monoisotopic (exact) mass is 252 g/mol. The Bertz CT molecular complexity index is 450. The number of carbonyl (C=O) groups excluding carboxylic acids is 1. The molecule has 4 aliphatic rings. The van der Waals surface area contributed by atoms with Gasteiger partial charge in [-0.15, -0.1) is 4.39 Å². The summed E-state index contributed by atoms with van der Waals surface area (Å²) in [4.78, 5) is 10.5. The van der Waals surface area contributed by atoms with E-state index in [1.807, 2.05) is 0 Å². The predicted octanol–water partition coefficient (Wildman–Crippen LogP) is 4.09. The fourth-order valence-corrected chi connectivity index (χ4v) is 7.32. The number of hydrogen-bond donors (Lipinski definition) is 0. The van der Waals surface area contributed by atoms with Gasteiger partial charge in [-0.3, -0.25) is 0 Å². The molecular formula is C15H21FO2. The molecule has 0 saturated heterocycles. The molecule has 5 atom stereocenters. The van der Waals surface area contributed by atoms with E-state index in [4.69, 9.17) is 4.74 Å². The van der Waals surface area contributed by atoms with Crippen molar-refractivity contribution in [2.75, 3.05) is 6.61 Å². The highest BCUT2D eigenvalue weighted by Crippen LogP contribution is 2.88. The molecule has 0 aromatic heterocycles. The van der Waals surface area contributed by atoms with Gasteiger partial charge in [0.25, 0.3) is 0 Å². The fourth-order valence-electron chi connectivity index (χ4n) is 7.32. The molecule has 4 fully saturated rings. The summed E-state index contributed by atoms with van der Waals surface area (Å²) in [6.45, 7) is 5.19. The van der Waals surface area contributed by atoms with Crippen LogP contribution in [0.4, 0.5) is 9.18 Å². The van der Waals surface area contributed by atoms with Crippen molar-refractivity contribution in [1.29, 1.82) is 0 Å². The average molecular weight is 252 g/mol. The summed E-state index contributed by atoms with van der Waals surface area (Å²) < 4.78 is 17.2. The van der Waals surface area contributed by atoms with Crippen molar-refractivity contribution >= 4 is 6.22 Å². The molecule has 0 heterocycles. The predicted molar refractivity (Wildman–Crippen MR) is 64.7 cm³/mol. The lowest BCUT2D eigenvalue weighted by molar-refractivity contribution is -0.157. The summed E-state index contributed by atoms with van der Waals surface area (Å²) in [5.74, 6) is 0.784. The highest BCUT2D eigenvalue weighted by molar-refractivity contribution is 5.58. The van der Waals surface area contributed by atoms with Gasteiger partial charge < -0.3 is 4.74 Å². The Morgan fingerprint density at radius 2 is 1.94 bits per heavy atom. The van der Waals surface area contributed by atoms with Crippen molar-refractivity contribution in [2.24, 2.45) is 27.6 Å². The highest BCUT2D eigenvalue weighted by Gasteiger charge is 2.80. The minimum atomic E-state index is -1.60. The van der Waals surface area contributed by atoms with Crippen molar-refractivity contribution in [3.63, 3.8) is 0 Å². The Balaban J connectivity index is 1.69. The normalized spacial score (nSPS) is 59.4. The molecule has 0 aromatic rings. The minimum absolute atomic E-state index is 0.0909. The van der Waals surface area contributed by atoms with E-state index >= 15 is 0 Å². The number of hydrogen-bond acceptors (Lipinski definition) is 2. The summed E-state index contributed by atoms with van der Waals surface area (Å²) in [6, 6.07) is 0. The van der Waals surface area contributed by atoms with Crippen LogP contribution in [0.5, 0.6) is 0 Å². The Morgan fingerprint density at radius 1 is 1.17 bits per heavy atom. The van der Waals surface area contributed by atoms with Crippen LogP contribution in [0.1, 0.15) is 52.4 Å². The summed E-state index contributed by atoms with van der Waals surface area (Å²) in [7, 11) is 0. The number of fused-ring (bicyclic) bond motifs is 2. The van der Waals surface area contributed by atoms with Crippen LogP contribution in [-0.4, -0.2) is 12.8 Å². The quantitative estimate of drug-likeness (QED) is 0.692. The number of rotatable bonds is 2. The van der Waals surface area contributed by atoms with Crippen LogP contribution < -0.4 is 0 Å². The van der Waals surface area contributed by atoms with E-state index in [-0.39, 0.29) is 5.41 Å². The minimum Gasteiger partial charge on any atom is -0.440 e. The first-order chi connectivity index (χ1) is 8.32. The molecule has 5 unspecified atom stereocenters. The molecule has 0 amide bonds. The zero-order valence-corrected chi connectivity index (χ0v) is 11.2. The largest absolute Gasteiger partial charge is 0.495 e.